The highest BCUT2D eigenvalue weighted by atomic mass is 32.2. The van der Waals surface area contributed by atoms with Gasteiger partial charge in [-0.05, 0) is 42.7 Å². The Morgan fingerprint density at radius 1 is 0.939 bits per heavy atom. The van der Waals surface area contributed by atoms with Gasteiger partial charge < -0.3 is 5.32 Å². The van der Waals surface area contributed by atoms with E-state index in [4.69, 9.17) is 0 Å². The monoisotopic (exact) mass is 466 g/mol. The summed E-state index contributed by atoms with van der Waals surface area (Å²) in [5.74, 6) is 0. The molecule has 172 valence electrons. The predicted octanol–water partition coefficient (Wildman–Crippen LogP) is 4.76. The Bertz CT molecular complexity index is 1160. The molecule has 33 heavy (non-hydrogen) atoms. The van der Waals surface area contributed by atoms with Crippen LogP contribution in [0.15, 0.2) is 77.8 Å². The van der Waals surface area contributed by atoms with Crippen LogP contribution in [0.25, 0.3) is 0 Å². The molecule has 1 aliphatic heterocycles. The van der Waals surface area contributed by atoms with Crippen molar-refractivity contribution in [2.24, 2.45) is 0 Å². The number of sulfonamides is 1. The Labute approximate surface area is 193 Å². The molecule has 2 heterocycles. The van der Waals surface area contributed by atoms with Crippen molar-refractivity contribution in [3.8, 4) is 0 Å². The number of pyridine rings is 1. The average molecular weight is 467 g/mol. The van der Waals surface area contributed by atoms with Gasteiger partial charge in [-0.2, -0.15) is 4.31 Å². The minimum Gasteiger partial charge on any atom is -0.367 e. The molecule has 3 aromatic rings. The minimum absolute atomic E-state index is 0.0595. The van der Waals surface area contributed by atoms with E-state index in [1.807, 2.05) is 42.5 Å². The third kappa shape index (κ3) is 5.20. The highest BCUT2D eigenvalue weighted by Crippen LogP contribution is 2.34. The lowest BCUT2D eigenvalue weighted by Crippen LogP contribution is -2.32. The number of anilines is 1. The van der Waals surface area contributed by atoms with Crippen molar-refractivity contribution >= 4 is 21.4 Å². The van der Waals surface area contributed by atoms with Gasteiger partial charge in [-0.25, -0.2) is 8.42 Å². The Balaban J connectivity index is 1.71. The van der Waals surface area contributed by atoms with Crippen molar-refractivity contribution < 1.29 is 13.3 Å². The average Bonchev–Trinajstić information content (AvgIpc) is 3.14. The first-order valence-electron chi connectivity index (χ1n) is 11.0. The molecule has 1 atom stereocenters. The quantitative estimate of drug-likeness (QED) is 0.398. The first kappa shape index (κ1) is 22.9. The Kier molecular flexibility index (Phi) is 7.00. The maximum absolute atomic E-state index is 13.2. The number of nitro groups is 1. The molecule has 1 aliphatic rings. The number of nitrogens with one attached hydrogen (secondary N) is 1. The molecule has 0 amide bonds. The van der Waals surface area contributed by atoms with Crippen molar-refractivity contribution in [1.29, 1.82) is 0 Å². The second kappa shape index (κ2) is 10.1. The van der Waals surface area contributed by atoms with Crippen LogP contribution in [-0.2, 0) is 10.0 Å². The van der Waals surface area contributed by atoms with Crippen molar-refractivity contribution in [3.63, 3.8) is 0 Å². The molecule has 9 heteroatoms. The van der Waals surface area contributed by atoms with Crippen LogP contribution in [0.1, 0.15) is 43.0 Å². The molecule has 0 bridgehead atoms. The van der Waals surface area contributed by atoms with Crippen LogP contribution < -0.4 is 5.32 Å². The topological polar surface area (TPSA) is 105 Å². The van der Waals surface area contributed by atoms with Crippen molar-refractivity contribution in [2.45, 2.75) is 36.6 Å². The number of benzene rings is 2. The second-order valence-corrected chi connectivity index (χ2v) is 9.93. The Hall–Kier alpha value is -3.30. The SMILES string of the molecule is O=[N+]([O-])c1cc(S(=O)(=O)N2CCCCCC2)ccc1NC(c1ccccc1)c1ccccn1. The summed E-state index contributed by atoms with van der Waals surface area (Å²) in [4.78, 5) is 15.7. The number of hydrogen-bond donors (Lipinski definition) is 1. The van der Waals surface area contributed by atoms with E-state index in [1.165, 1.54) is 16.4 Å². The standard InChI is InChI=1S/C24H26N4O4S/c29-28(30)23-18-20(33(31,32)27-16-8-1-2-9-17-27)13-14-21(23)26-24(19-10-4-3-5-11-19)22-12-6-7-15-25-22/h3-7,10-15,18,24,26H,1-2,8-9,16-17H2. The van der Waals surface area contributed by atoms with Crippen molar-refractivity contribution in [3.05, 3.63) is 94.3 Å². The second-order valence-electron chi connectivity index (χ2n) is 8.00. The number of aromatic nitrogens is 1. The van der Waals surface area contributed by atoms with E-state index in [9.17, 15) is 18.5 Å². The highest BCUT2D eigenvalue weighted by molar-refractivity contribution is 7.89. The minimum atomic E-state index is -3.80. The first-order valence-corrected chi connectivity index (χ1v) is 12.4. The maximum atomic E-state index is 13.2. The first-order chi connectivity index (χ1) is 16.0. The third-order valence-electron chi connectivity index (χ3n) is 5.78. The molecule has 1 unspecified atom stereocenters. The van der Waals surface area contributed by atoms with E-state index in [0.29, 0.717) is 18.8 Å². The summed E-state index contributed by atoms with van der Waals surface area (Å²) < 4.78 is 27.8. The van der Waals surface area contributed by atoms with Crippen LogP contribution in [0.2, 0.25) is 0 Å². The van der Waals surface area contributed by atoms with Gasteiger partial charge in [-0.3, -0.25) is 15.1 Å². The molecule has 1 N–H and O–H groups in total. The maximum Gasteiger partial charge on any atom is 0.293 e. The van der Waals surface area contributed by atoms with Crippen LogP contribution in [0.4, 0.5) is 11.4 Å². The summed E-state index contributed by atoms with van der Waals surface area (Å²) in [7, 11) is -3.80. The fourth-order valence-electron chi connectivity index (χ4n) is 4.05. The van der Waals surface area contributed by atoms with E-state index >= 15 is 0 Å². The van der Waals surface area contributed by atoms with Crippen LogP contribution >= 0.6 is 0 Å². The van der Waals surface area contributed by atoms with Gasteiger partial charge in [-0.1, -0.05) is 49.2 Å². The Morgan fingerprint density at radius 3 is 2.27 bits per heavy atom. The fraction of sp³-hybridized carbons (Fsp3) is 0.292. The largest absolute Gasteiger partial charge is 0.367 e. The van der Waals surface area contributed by atoms with E-state index in [-0.39, 0.29) is 16.3 Å². The summed E-state index contributed by atoms with van der Waals surface area (Å²) in [5, 5.41) is 15.1. The van der Waals surface area contributed by atoms with E-state index in [2.05, 4.69) is 10.3 Å². The molecule has 8 nitrogen and oxygen atoms in total. The molecule has 0 spiro atoms. The summed E-state index contributed by atoms with van der Waals surface area (Å²) >= 11 is 0. The summed E-state index contributed by atoms with van der Waals surface area (Å²) in [6.07, 6.45) is 5.23. The van der Waals surface area contributed by atoms with Crippen molar-refractivity contribution in [2.75, 3.05) is 18.4 Å². The van der Waals surface area contributed by atoms with Gasteiger partial charge in [0.25, 0.3) is 5.69 Å². The number of hydrogen-bond acceptors (Lipinski definition) is 6. The van der Waals surface area contributed by atoms with Gasteiger partial charge in [0.05, 0.1) is 21.6 Å². The molecule has 2 aromatic carbocycles. The number of nitro benzene ring substituents is 1. The zero-order valence-electron chi connectivity index (χ0n) is 18.1. The van der Waals surface area contributed by atoms with Crippen LogP contribution in [-0.4, -0.2) is 35.7 Å². The molecule has 4 rings (SSSR count). The molecule has 0 saturated carbocycles. The smallest absolute Gasteiger partial charge is 0.293 e. The fourth-order valence-corrected chi connectivity index (χ4v) is 5.59. The molecule has 1 saturated heterocycles. The summed E-state index contributed by atoms with van der Waals surface area (Å²) in [6.45, 7) is 0.873. The third-order valence-corrected chi connectivity index (χ3v) is 7.68. The zero-order chi connectivity index (χ0) is 23.3. The van der Waals surface area contributed by atoms with E-state index < -0.39 is 21.0 Å². The summed E-state index contributed by atoms with van der Waals surface area (Å²) in [5.41, 5.74) is 1.52. The molecular formula is C24H26N4O4S. The van der Waals surface area contributed by atoms with Gasteiger partial charge in [0.1, 0.15) is 5.69 Å². The van der Waals surface area contributed by atoms with Crippen molar-refractivity contribution in [1.82, 2.24) is 9.29 Å². The zero-order valence-corrected chi connectivity index (χ0v) is 18.9. The lowest BCUT2D eigenvalue weighted by atomic mass is 10.0. The Morgan fingerprint density at radius 2 is 1.64 bits per heavy atom. The molecule has 0 radical (unpaired) electrons. The van der Waals surface area contributed by atoms with Crippen LogP contribution in [0, 0.1) is 10.1 Å². The molecule has 0 aliphatic carbocycles. The number of rotatable bonds is 7. The number of nitrogens with zero attached hydrogens (tertiary/aromatic N) is 3. The van der Waals surface area contributed by atoms with E-state index in [0.717, 1.165) is 37.3 Å². The van der Waals surface area contributed by atoms with E-state index in [1.54, 1.807) is 12.3 Å². The van der Waals surface area contributed by atoms with Crippen LogP contribution in [0.5, 0.6) is 0 Å². The van der Waals surface area contributed by atoms with Gasteiger partial charge in [0.15, 0.2) is 0 Å². The molecule has 1 aromatic heterocycles. The lowest BCUT2D eigenvalue weighted by molar-refractivity contribution is -0.384. The van der Waals surface area contributed by atoms with Gasteiger partial charge in [0, 0.05) is 25.4 Å². The van der Waals surface area contributed by atoms with Gasteiger partial charge in [-0.15, -0.1) is 0 Å². The van der Waals surface area contributed by atoms with Crippen LogP contribution in [0.3, 0.4) is 0 Å². The predicted molar refractivity (Wildman–Crippen MR) is 126 cm³/mol. The highest BCUT2D eigenvalue weighted by Gasteiger charge is 2.29. The summed E-state index contributed by atoms with van der Waals surface area (Å²) in [6, 6.07) is 18.6. The normalized spacial score (nSPS) is 16.0. The van der Waals surface area contributed by atoms with Gasteiger partial charge in [0.2, 0.25) is 10.0 Å². The lowest BCUT2D eigenvalue weighted by Gasteiger charge is -2.22. The molecular weight excluding hydrogens is 440 g/mol. The van der Waals surface area contributed by atoms with Gasteiger partial charge >= 0.3 is 0 Å². The molecule has 1 fully saturated rings.